The maximum absolute atomic E-state index is 12.5. The van der Waals surface area contributed by atoms with Gasteiger partial charge >= 0.3 is 0 Å². The molecule has 0 unspecified atom stereocenters. The molecule has 1 aromatic carbocycles. The minimum absolute atomic E-state index is 0.131. The minimum Gasteiger partial charge on any atom is -0.378 e. The Morgan fingerprint density at radius 3 is 2.27 bits per heavy atom. The van der Waals surface area contributed by atoms with Gasteiger partial charge in [0.2, 0.25) is 11.6 Å². The van der Waals surface area contributed by atoms with Gasteiger partial charge in [0.05, 0.1) is 17.1 Å². The first-order valence-corrected chi connectivity index (χ1v) is 7.00. The van der Waals surface area contributed by atoms with Crippen LogP contribution in [-0.2, 0) is 6.54 Å². The van der Waals surface area contributed by atoms with Crippen molar-refractivity contribution < 1.29 is 9.59 Å². The summed E-state index contributed by atoms with van der Waals surface area (Å²) in [5.74, 6) is -0.582. The molecule has 110 valence electrons. The van der Waals surface area contributed by atoms with E-state index >= 15 is 0 Å². The molecule has 5 heteroatoms. The number of carbonyl (C=O) groups is 2. The van der Waals surface area contributed by atoms with Crippen molar-refractivity contribution in [2.75, 3.05) is 0 Å². The molecule has 22 heavy (non-hydrogen) atoms. The van der Waals surface area contributed by atoms with Crippen molar-refractivity contribution in [3.8, 4) is 0 Å². The van der Waals surface area contributed by atoms with Crippen LogP contribution < -0.4 is 5.32 Å². The second-order valence-corrected chi connectivity index (χ2v) is 5.18. The highest BCUT2D eigenvalue weighted by Gasteiger charge is 2.29. The number of aromatic nitrogens is 2. The van der Waals surface area contributed by atoms with E-state index in [2.05, 4.69) is 15.3 Å². The molecule has 1 heterocycles. The van der Waals surface area contributed by atoms with Crippen LogP contribution in [0.3, 0.4) is 0 Å². The van der Waals surface area contributed by atoms with E-state index < -0.39 is 0 Å². The van der Waals surface area contributed by atoms with E-state index in [0.717, 1.165) is 5.56 Å². The quantitative estimate of drug-likeness (QED) is 0.938. The number of benzene rings is 1. The second kappa shape index (κ2) is 5.52. The number of hydrogen-bond acceptors (Lipinski definition) is 5. The smallest absolute Gasteiger partial charge is 0.229 e. The topological polar surface area (TPSA) is 72.0 Å². The van der Waals surface area contributed by atoms with Crippen LogP contribution in [0, 0.1) is 13.8 Å². The highest BCUT2D eigenvalue weighted by Crippen LogP contribution is 2.18. The zero-order valence-electron chi connectivity index (χ0n) is 12.4. The van der Waals surface area contributed by atoms with E-state index in [1.54, 1.807) is 13.8 Å². The fourth-order valence-electron chi connectivity index (χ4n) is 2.25. The first-order valence-electron chi connectivity index (χ1n) is 7.00. The molecular weight excluding hydrogens is 278 g/mol. The van der Waals surface area contributed by atoms with Crippen LogP contribution in [0.25, 0.3) is 0 Å². The third-order valence-corrected chi connectivity index (χ3v) is 3.60. The van der Waals surface area contributed by atoms with Gasteiger partial charge in [-0.25, -0.2) is 9.97 Å². The van der Waals surface area contributed by atoms with Crippen LogP contribution in [-0.4, -0.2) is 21.5 Å². The molecule has 1 aliphatic carbocycles. The van der Waals surface area contributed by atoms with Gasteiger partial charge in [-0.1, -0.05) is 30.3 Å². The lowest BCUT2D eigenvalue weighted by molar-refractivity contribution is 0.0970. The monoisotopic (exact) mass is 293 g/mol. The van der Waals surface area contributed by atoms with Gasteiger partial charge in [0.25, 0.3) is 0 Å². The minimum atomic E-state index is -0.291. The number of carbonyl (C=O) groups excluding carboxylic acids is 2. The predicted octanol–water partition coefficient (Wildman–Crippen LogP) is 2.15. The van der Waals surface area contributed by atoms with Crippen LogP contribution in [0.4, 0.5) is 0 Å². The van der Waals surface area contributed by atoms with Crippen molar-refractivity contribution in [3.05, 3.63) is 70.4 Å². The summed E-state index contributed by atoms with van der Waals surface area (Å²) in [6.45, 7) is 4.02. The number of nitrogens with one attached hydrogen (secondary N) is 1. The number of fused-ring (bicyclic) bond motifs is 1. The van der Waals surface area contributed by atoms with E-state index in [0.29, 0.717) is 17.9 Å². The molecule has 0 atom stereocenters. The Balaban J connectivity index is 1.87. The molecule has 2 aromatic rings. The summed E-state index contributed by atoms with van der Waals surface area (Å²) in [4.78, 5) is 33.0. The summed E-state index contributed by atoms with van der Waals surface area (Å²) in [7, 11) is 0. The number of aryl methyl sites for hydroxylation is 2. The van der Waals surface area contributed by atoms with Crippen molar-refractivity contribution in [3.63, 3.8) is 0 Å². The summed E-state index contributed by atoms with van der Waals surface area (Å²) >= 11 is 0. The summed E-state index contributed by atoms with van der Waals surface area (Å²) < 4.78 is 0. The molecule has 0 radical (unpaired) electrons. The maximum Gasteiger partial charge on any atom is 0.229 e. The second-order valence-electron chi connectivity index (χ2n) is 5.18. The molecule has 1 aliphatic rings. The van der Waals surface area contributed by atoms with Crippen molar-refractivity contribution in [1.82, 2.24) is 15.3 Å². The molecule has 0 saturated carbocycles. The molecule has 0 amide bonds. The van der Waals surface area contributed by atoms with Crippen molar-refractivity contribution in [2.24, 2.45) is 0 Å². The van der Waals surface area contributed by atoms with Crippen LogP contribution in [0.2, 0.25) is 0 Å². The number of nitrogens with zero attached hydrogens (tertiary/aromatic N) is 2. The Hall–Kier alpha value is -2.82. The molecule has 1 aromatic heterocycles. The summed E-state index contributed by atoms with van der Waals surface area (Å²) in [5, 5.41) is 3.02. The Labute approximate surface area is 128 Å². The standard InChI is InChI=1S/C17H15N3O2/c1-10-11(2)20-16-15(19-10)14(21)8-13(17(16)22)18-9-12-6-4-3-5-7-12/h3-8,18H,9H2,1-2H3. The van der Waals surface area contributed by atoms with Crippen molar-refractivity contribution in [1.29, 1.82) is 0 Å². The van der Waals surface area contributed by atoms with E-state index in [9.17, 15) is 9.59 Å². The number of ketones is 2. The van der Waals surface area contributed by atoms with Gasteiger partial charge in [0, 0.05) is 12.6 Å². The predicted molar refractivity (Wildman–Crippen MR) is 81.5 cm³/mol. The van der Waals surface area contributed by atoms with Crippen molar-refractivity contribution >= 4 is 11.6 Å². The number of rotatable bonds is 3. The zero-order chi connectivity index (χ0) is 15.7. The van der Waals surface area contributed by atoms with E-state index in [1.165, 1.54) is 6.08 Å². The van der Waals surface area contributed by atoms with Crippen LogP contribution in [0.15, 0.2) is 42.1 Å². The molecule has 5 nitrogen and oxygen atoms in total. The molecule has 3 rings (SSSR count). The number of Topliss-reactive ketones (excluding diaryl/α,β-unsaturated/α-hetero) is 1. The van der Waals surface area contributed by atoms with E-state index in [1.807, 2.05) is 30.3 Å². The number of allylic oxidation sites excluding steroid dienone is 2. The molecular formula is C17H15N3O2. The Morgan fingerprint density at radius 2 is 1.59 bits per heavy atom. The Kier molecular flexibility index (Phi) is 3.55. The summed E-state index contributed by atoms with van der Waals surface area (Å²) in [6.07, 6.45) is 1.30. The Bertz CT molecular complexity index is 795. The fourth-order valence-corrected chi connectivity index (χ4v) is 2.25. The zero-order valence-corrected chi connectivity index (χ0v) is 12.4. The van der Waals surface area contributed by atoms with Gasteiger partial charge in [0.15, 0.2) is 0 Å². The SMILES string of the molecule is Cc1nc2c(nc1C)C(=O)C(NCc1ccccc1)=CC2=O. The van der Waals surface area contributed by atoms with Gasteiger partial charge in [-0.3, -0.25) is 9.59 Å². The van der Waals surface area contributed by atoms with Crippen molar-refractivity contribution in [2.45, 2.75) is 20.4 Å². The maximum atomic E-state index is 12.5. The van der Waals surface area contributed by atoms with Gasteiger partial charge in [-0.2, -0.15) is 0 Å². The first-order chi connectivity index (χ1) is 10.6. The summed E-state index contributed by atoms with van der Waals surface area (Å²) in [5.41, 5.74) is 2.88. The third-order valence-electron chi connectivity index (χ3n) is 3.60. The van der Waals surface area contributed by atoms with Crippen LogP contribution in [0.1, 0.15) is 37.9 Å². The largest absolute Gasteiger partial charge is 0.378 e. The normalized spacial score (nSPS) is 13.6. The highest BCUT2D eigenvalue weighted by molar-refractivity contribution is 6.22. The molecule has 0 saturated heterocycles. The third kappa shape index (κ3) is 2.53. The lowest BCUT2D eigenvalue weighted by Crippen LogP contribution is -2.29. The lowest BCUT2D eigenvalue weighted by Gasteiger charge is -2.16. The average molecular weight is 293 g/mol. The molecule has 0 spiro atoms. The van der Waals surface area contributed by atoms with E-state index in [4.69, 9.17) is 0 Å². The van der Waals surface area contributed by atoms with Gasteiger partial charge < -0.3 is 5.32 Å². The fraction of sp³-hybridized carbons (Fsp3) is 0.176. The molecule has 0 bridgehead atoms. The highest BCUT2D eigenvalue weighted by atomic mass is 16.1. The van der Waals surface area contributed by atoms with Gasteiger partial charge in [-0.15, -0.1) is 0 Å². The molecule has 0 aliphatic heterocycles. The Morgan fingerprint density at radius 1 is 0.955 bits per heavy atom. The average Bonchev–Trinajstić information content (AvgIpc) is 2.52. The van der Waals surface area contributed by atoms with Gasteiger partial charge in [-0.05, 0) is 19.4 Å². The molecule has 0 fully saturated rings. The number of hydrogen-bond donors (Lipinski definition) is 1. The lowest BCUT2D eigenvalue weighted by atomic mass is 10.0. The van der Waals surface area contributed by atoms with Crippen LogP contribution in [0.5, 0.6) is 0 Å². The van der Waals surface area contributed by atoms with Gasteiger partial charge in [0.1, 0.15) is 11.4 Å². The summed E-state index contributed by atoms with van der Waals surface area (Å²) in [6, 6.07) is 9.67. The first kappa shape index (κ1) is 14.1. The molecule has 1 N–H and O–H groups in total. The van der Waals surface area contributed by atoms with E-state index in [-0.39, 0.29) is 28.7 Å². The van der Waals surface area contributed by atoms with Crippen LogP contribution >= 0.6 is 0 Å².